The lowest BCUT2D eigenvalue weighted by Gasteiger charge is -2.28. The van der Waals surface area contributed by atoms with Crippen molar-refractivity contribution in [3.63, 3.8) is 0 Å². The SMILES string of the molecule is CCOC(=O)CCC(O)(c1ccccc1)C1CC1. The van der Waals surface area contributed by atoms with Gasteiger partial charge in [-0.2, -0.15) is 0 Å². The molecular weight excluding hydrogens is 228 g/mol. The normalized spacial score (nSPS) is 18.1. The molecule has 98 valence electrons. The average Bonchev–Trinajstić information content (AvgIpc) is 3.22. The molecule has 1 aliphatic rings. The predicted molar refractivity (Wildman–Crippen MR) is 68.9 cm³/mol. The van der Waals surface area contributed by atoms with Gasteiger partial charge in [0.05, 0.1) is 12.2 Å². The number of rotatable bonds is 6. The Balaban J connectivity index is 2.06. The van der Waals surface area contributed by atoms with Crippen LogP contribution in [0, 0.1) is 5.92 Å². The Morgan fingerprint density at radius 3 is 2.61 bits per heavy atom. The van der Waals surface area contributed by atoms with Crippen LogP contribution < -0.4 is 0 Å². The van der Waals surface area contributed by atoms with Crippen molar-refractivity contribution in [1.82, 2.24) is 0 Å². The van der Waals surface area contributed by atoms with Crippen molar-refractivity contribution in [1.29, 1.82) is 0 Å². The quantitative estimate of drug-likeness (QED) is 0.787. The van der Waals surface area contributed by atoms with E-state index in [0.29, 0.717) is 13.0 Å². The van der Waals surface area contributed by atoms with Crippen LogP contribution in [0.15, 0.2) is 30.3 Å². The highest BCUT2D eigenvalue weighted by Crippen LogP contribution is 2.48. The van der Waals surface area contributed by atoms with Crippen molar-refractivity contribution in [2.24, 2.45) is 5.92 Å². The minimum absolute atomic E-state index is 0.229. The maximum atomic E-state index is 11.4. The van der Waals surface area contributed by atoms with E-state index in [2.05, 4.69) is 0 Å². The van der Waals surface area contributed by atoms with Gasteiger partial charge in [-0.25, -0.2) is 0 Å². The summed E-state index contributed by atoms with van der Waals surface area (Å²) in [6.45, 7) is 2.19. The molecule has 1 N–H and O–H groups in total. The molecule has 0 aliphatic heterocycles. The summed E-state index contributed by atoms with van der Waals surface area (Å²) in [5, 5.41) is 10.8. The zero-order chi connectivity index (χ0) is 13.0. The molecule has 0 saturated heterocycles. The molecule has 1 aliphatic carbocycles. The van der Waals surface area contributed by atoms with Crippen LogP contribution in [0.1, 0.15) is 38.2 Å². The van der Waals surface area contributed by atoms with Gasteiger partial charge < -0.3 is 9.84 Å². The Bertz CT molecular complexity index is 397. The second-order valence-corrected chi connectivity index (χ2v) is 4.87. The number of ether oxygens (including phenoxy) is 1. The van der Waals surface area contributed by atoms with Gasteiger partial charge >= 0.3 is 5.97 Å². The predicted octanol–water partition coefficient (Wildman–Crippen LogP) is 2.63. The highest BCUT2D eigenvalue weighted by Gasteiger charge is 2.44. The van der Waals surface area contributed by atoms with Gasteiger partial charge in [0, 0.05) is 6.42 Å². The van der Waals surface area contributed by atoms with Crippen LogP contribution in [-0.4, -0.2) is 17.7 Å². The minimum atomic E-state index is -0.867. The summed E-state index contributed by atoms with van der Waals surface area (Å²) in [6.07, 6.45) is 2.79. The molecule has 1 unspecified atom stereocenters. The second-order valence-electron chi connectivity index (χ2n) is 4.87. The first-order chi connectivity index (χ1) is 8.66. The summed E-state index contributed by atoms with van der Waals surface area (Å²) in [6, 6.07) is 9.65. The van der Waals surface area contributed by atoms with Gasteiger partial charge in [0.15, 0.2) is 0 Å². The third kappa shape index (κ3) is 2.91. The van der Waals surface area contributed by atoms with Crippen molar-refractivity contribution >= 4 is 5.97 Å². The van der Waals surface area contributed by atoms with Gasteiger partial charge in [0.1, 0.15) is 0 Å². The van der Waals surface area contributed by atoms with Crippen LogP contribution in [0.2, 0.25) is 0 Å². The third-order valence-corrected chi connectivity index (χ3v) is 3.54. The molecule has 0 heterocycles. The fraction of sp³-hybridized carbons (Fsp3) is 0.533. The van der Waals surface area contributed by atoms with E-state index < -0.39 is 5.60 Å². The standard InChI is InChI=1S/C15H20O3/c1-2-18-14(16)10-11-15(17,13-8-9-13)12-6-4-3-5-7-12/h3-7,13,17H,2,8-11H2,1H3. The molecule has 0 bridgehead atoms. The van der Waals surface area contributed by atoms with Gasteiger partial charge in [-0.15, -0.1) is 0 Å². The molecular formula is C15H20O3. The molecule has 0 spiro atoms. The van der Waals surface area contributed by atoms with Gasteiger partial charge in [0.25, 0.3) is 0 Å². The van der Waals surface area contributed by atoms with E-state index in [1.165, 1.54) is 0 Å². The lowest BCUT2D eigenvalue weighted by Crippen LogP contribution is -2.29. The zero-order valence-corrected chi connectivity index (χ0v) is 10.8. The average molecular weight is 248 g/mol. The Labute approximate surface area is 108 Å². The number of esters is 1. The number of carbonyl (C=O) groups is 1. The molecule has 3 nitrogen and oxygen atoms in total. The molecule has 0 amide bonds. The van der Waals surface area contributed by atoms with Crippen LogP contribution in [0.4, 0.5) is 0 Å². The lowest BCUT2D eigenvalue weighted by atomic mass is 9.84. The minimum Gasteiger partial charge on any atom is -0.466 e. The van der Waals surface area contributed by atoms with Crippen molar-refractivity contribution in [2.45, 2.75) is 38.2 Å². The van der Waals surface area contributed by atoms with E-state index in [1.807, 2.05) is 30.3 Å². The monoisotopic (exact) mass is 248 g/mol. The maximum absolute atomic E-state index is 11.4. The fourth-order valence-electron chi connectivity index (χ4n) is 2.40. The number of aliphatic hydroxyl groups is 1. The molecule has 0 aromatic heterocycles. The largest absolute Gasteiger partial charge is 0.466 e. The van der Waals surface area contributed by atoms with Gasteiger partial charge in [-0.3, -0.25) is 4.79 Å². The van der Waals surface area contributed by atoms with Crippen LogP contribution >= 0.6 is 0 Å². The Kier molecular flexibility index (Phi) is 4.02. The number of hydrogen-bond acceptors (Lipinski definition) is 3. The topological polar surface area (TPSA) is 46.5 Å². The van der Waals surface area contributed by atoms with Crippen molar-refractivity contribution in [2.75, 3.05) is 6.61 Å². The van der Waals surface area contributed by atoms with Crippen LogP contribution in [0.25, 0.3) is 0 Å². The molecule has 2 rings (SSSR count). The molecule has 3 heteroatoms. The molecule has 0 radical (unpaired) electrons. The maximum Gasteiger partial charge on any atom is 0.305 e. The van der Waals surface area contributed by atoms with Crippen molar-refractivity contribution < 1.29 is 14.6 Å². The molecule has 1 saturated carbocycles. The fourth-order valence-corrected chi connectivity index (χ4v) is 2.40. The van der Waals surface area contributed by atoms with Crippen LogP contribution in [0.3, 0.4) is 0 Å². The summed E-state index contributed by atoms with van der Waals surface area (Å²) in [4.78, 5) is 11.4. The highest BCUT2D eigenvalue weighted by atomic mass is 16.5. The van der Waals surface area contributed by atoms with Crippen molar-refractivity contribution in [3.05, 3.63) is 35.9 Å². The van der Waals surface area contributed by atoms with E-state index in [4.69, 9.17) is 4.74 Å². The smallest absolute Gasteiger partial charge is 0.305 e. The summed E-state index contributed by atoms with van der Waals surface area (Å²) < 4.78 is 4.92. The number of benzene rings is 1. The van der Waals surface area contributed by atoms with E-state index in [-0.39, 0.29) is 18.3 Å². The lowest BCUT2D eigenvalue weighted by molar-refractivity contribution is -0.145. The van der Waals surface area contributed by atoms with E-state index in [9.17, 15) is 9.90 Å². The molecule has 1 aromatic carbocycles. The van der Waals surface area contributed by atoms with E-state index in [1.54, 1.807) is 6.92 Å². The summed E-state index contributed by atoms with van der Waals surface area (Å²) in [5.41, 5.74) is 0.0467. The number of carbonyl (C=O) groups excluding carboxylic acids is 1. The van der Waals surface area contributed by atoms with Gasteiger partial charge in [-0.1, -0.05) is 30.3 Å². The summed E-state index contributed by atoms with van der Waals surface area (Å²) in [5.74, 6) is 0.0573. The Morgan fingerprint density at radius 2 is 2.06 bits per heavy atom. The highest BCUT2D eigenvalue weighted by molar-refractivity contribution is 5.69. The molecule has 18 heavy (non-hydrogen) atoms. The van der Waals surface area contributed by atoms with Crippen LogP contribution in [0.5, 0.6) is 0 Å². The van der Waals surface area contributed by atoms with Gasteiger partial charge in [0.2, 0.25) is 0 Å². The third-order valence-electron chi connectivity index (χ3n) is 3.54. The molecule has 1 fully saturated rings. The number of hydrogen-bond donors (Lipinski definition) is 1. The van der Waals surface area contributed by atoms with Gasteiger partial charge in [-0.05, 0) is 37.7 Å². The first-order valence-electron chi connectivity index (χ1n) is 6.60. The first-order valence-corrected chi connectivity index (χ1v) is 6.60. The summed E-state index contributed by atoms with van der Waals surface area (Å²) in [7, 11) is 0. The van der Waals surface area contributed by atoms with E-state index in [0.717, 1.165) is 18.4 Å². The first kappa shape index (κ1) is 13.1. The zero-order valence-electron chi connectivity index (χ0n) is 10.8. The summed E-state index contributed by atoms with van der Waals surface area (Å²) >= 11 is 0. The molecule has 1 aromatic rings. The Morgan fingerprint density at radius 1 is 1.39 bits per heavy atom. The van der Waals surface area contributed by atoms with Crippen LogP contribution in [-0.2, 0) is 15.1 Å². The van der Waals surface area contributed by atoms with E-state index >= 15 is 0 Å². The Hall–Kier alpha value is -1.35. The second kappa shape index (κ2) is 5.53. The molecule has 1 atom stereocenters. The van der Waals surface area contributed by atoms with Crippen molar-refractivity contribution in [3.8, 4) is 0 Å².